The summed E-state index contributed by atoms with van der Waals surface area (Å²) < 4.78 is 0. The molecule has 2 amide bonds. The summed E-state index contributed by atoms with van der Waals surface area (Å²) in [6, 6.07) is 15.6. The lowest BCUT2D eigenvalue weighted by atomic mass is 10.1. The van der Waals surface area contributed by atoms with E-state index in [0.717, 1.165) is 17.7 Å². The summed E-state index contributed by atoms with van der Waals surface area (Å²) in [6.45, 7) is 4.39. The second-order valence-electron chi connectivity index (χ2n) is 6.19. The molecule has 1 aliphatic heterocycles. The van der Waals surface area contributed by atoms with Crippen molar-refractivity contribution in [3.05, 3.63) is 65.2 Å². The summed E-state index contributed by atoms with van der Waals surface area (Å²) in [6.07, 6.45) is 1.33. The van der Waals surface area contributed by atoms with Gasteiger partial charge >= 0.3 is 0 Å². The Labute approximate surface area is 142 Å². The zero-order valence-electron chi connectivity index (χ0n) is 14.1. The van der Waals surface area contributed by atoms with E-state index in [1.165, 1.54) is 5.56 Å². The fourth-order valence-corrected chi connectivity index (χ4v) is 3.12. The monoisotopic (exact) mass is 322 g/mol. The van der Waals surface area contributed by atoms with Gasteiger partial charge in [0.2, 0.25) is 5.91 Å². The van der Waals surface area contributed by atoms with E-state index >= 15 is 0 Å². The molecule has 2 aromatic carbocycles. The van der Waals surface area contributed by atoms with Gasteiger partial charge in [0.1, 0.15) is 0 Å². The quantitative estimate of drug-likeness (QED) is 0.939. The molecule has 4 heteroatoms. The zero-order valence-corrected chi connectivity index (χ0v) is 14.1. The SMILES string of the molecule is CCC(=O)NCc1ccc2c(c1)N(C(=O)c1ccccc1)C(C)C2. The van der Waals surface area contributed by atoms with E-state index in [9.17, 15) is 9.59 Å². The standard InChI is InChI=1S/C20H22N2O2/c1-3-19(23)21-13-15-9-10-17-11-14(2)22(18(17)12-15)20(24)16-7-5-4-6-8-16/h4-10,12,14H,3,11,13H2,1-2H3,(H,21,23). The summed E-state index contributed by atoms with van der Waals surface area (Å²) in [4.78, 5) is 26.2. The molecule has 1 aliphatic rings. The molecule has 4 nitrogen and oxygen atoms in total. The van der Waals surface area contributed by atoms with Gasteiger partial charge in [0, 0.05) is 30.3 Å². The largest absolute Gasteiger partial charge is 0.352 e. The van der Waals surface area contributed by atoms with Gasteiger partial charge in [-0.05, 0) is 42.7 Å². The number of amides is 2. The number of carbonyl (C=O) groups is 2. The third kappa shape index (κ3) is 3.18. The molecule has 1 heterocycles. The molecule has 0 saturated carbocycles. The Kier molecular flexibility index (Phi) is 4.65. The smallest absolute Gasteiger partial charge is 0.258 e. The number of carbonyl (C=O) groups excluding carboxylic acids is 2. The first-order valence-electron chi connectivity index (χ1n) is 8.37. The second-order valence-corrected chi connectivity index (χ2v) is 6.19. The highest BCUT2D eigenvalue weighted by molar-refractivity contribution is 6.07. The molecule has 0 fully saturated rings. The van der Waals surface area contributed by atoms with Gasteiger partial charge in [-0.3, -0.25) is 9.59 Å². The van der Waals surface area contributed by atoms with Crippen LogP contribution in [0, 0.1) is 0 Å². The number of anilines is 1. The van der Waals surface area contributed by atoms with Crippen molar-refractivity contribution < 1.29 is 9.59 Å². The first kappa shape index (κ1) is 16.2. The van der Waals surface area contributed by atoms with Crippen LogP contribution in [-0.2, 0) is 17.8 Å². The summed E-state index contributed by atoms with van der Waals surface area (Å²) in [5, 5.41) is 2.88. The van der Waals surface area contributed by atoms with E-state index in [-0.39, 0.29) is 17.9 Å². The van der Waals surface area contributed by atoms with Crippen LogP contribution in [0.5, 0.6) is 0 Å². The Hall–Kier alpha value is -2.62. The van der Waals surface area contributed by atoms with Crippen LogP contribution >= 0.6 is 0 Å². The first-order valence-corrected chi connectivity index (χ1v) is 8.37. The van der Waals surface area contributed by atoms with Crippen molar-refractivity contribution in [2.75, 3.05) is 4.90 Å². The van der Waals surface area contributed by atoms with Gasteiger partial charge in [0.15, 0.2) is 0 Å². The molecular weight excluding hydrogens is 300 g/mol. The Bertz CT molecular complexity index is 755. The molecule has 124 valence electrons. The van der Waals surface area contributed by atoms with E-state index in [4.69, 9.17) is 0 Å². The molecule has 0 saturated heterocycles. The summed E-state index contributed by atoms with van der Waals surface area (Å²) in [5.41, 5.74) is 3.84. The number of benzene rings is 2. The summed E-state index contributed by atoms with van der Waals surface area (Å²) >= 11 is 0. The number of hydrogen-bond donors (Lipinski definition) is 1. The maximum absolute atomic E-state index is 12.9. The number of nitrogens with one attached hydrogen (secondary N) is 1. The van der Waals surface area contributed by atoms with Gasteiger partial charge in [-0.2, -0.15) is 0 Å². The van der Waals surface area contributed by atoms with Crippen LogP contribution in [0.25, 0.3) is 0 Å². The predicted molar refractivity (Wildman–Crippen MR) is 95.0 cm³/mol. The van der Waals surface area contributed by atoms with E-state index in [2.05, 4.69) is 18.3 Å². The first-order chi connectivity index (χ1) is 11.6. The van der Waals surface area contributed by atoms with Crippen LogP contribution < -0.4 is 10.2 Å². The fourth-order valence-electron chi connectivity index (χ4n) is 3.12. The average Bonchev–Trinajstić information content (AvgIpc) is 2.94. The molecule has 0 spiro atoms. The molecular formula is C20H22N2O2. The van der Waals surface area contributed by atoms with Gasteiger partial charge in [-0.25, -0.2) is 0 Å². The van der Waals surface area contributed by atoms with E-state index < -0.39 is 0 Å². The number of fused-ring (bicyclic) bond motifs is 1. The van der Waals surface area contributed by atoms with Gasteiger partial charge in [-0.1, -0.05) is 37.3 Å². The molecule has 0 radical (unpaired) electrons. The Morgan fingerprint density at radius 3 is 2.62 bits per heavy atom. The van der Waals surface area contributed by atoms with E-state index in [1.54, 1.807) is 0 Å². The molecule has 3 rings (SSSR count). The van der Waals surface area contributed by atoms with Gasteiger partial charge in [0.05, 0.1) is 0 Å². The van der Waals surface area contributed by atoms with Crippen molar-refractivity contribution in [1.29, 1.82) is 0 Å². The molecule has 0 aliphatic carbocycles. The second kappa shape index (κ2) is 6.87. The highest BCUT2D eigenvalue weighted by Crippen LogP contribution is 2.34. The van der Waals surface area contributed by atoms with Gasteiger partial charge < -0.3 is 10.2 Å². The lowest BCUT2D eigenvalue weighted by Crippen LogP contribution is -2.35. The number of hydrogen-bond acceptors (Lipinski definition) is 2. The van der Waals surface area contributed by atoms with Crippen molar-refractivity contribution in [2.45, 2.75) is 39.3 Å². The zero-order chi connectivity index (χ0) is 17.1. The van der Waals surface area contributed by atoms with Gasteiger partial charge in [0.25, 0.3) is 5.91 Å². The van der Waals surface area contributed by atoms with Crippen molar-refractivity contribution in [2.24, 2.45) is 0 Å². The van der Waals surface area contributed by atoms with Crippen LogP contribution in [0.2, 0.25) is 0 Å². The van der Waals surface area contributed by atoms with Crippen LogP contribution in [0.15, 0.2) is 48.5 Å². The normalized spacial score (nSPS) is 15.9. The molecule has 24 heavy (non-hydrogen) atoms. The van der Waals surface area contributed by atoms with Crippen LogP contribution in [-0.4, -0.2) is 17.9 Å². The Balaban J connectivity index is 1.86. The maximum Gasteiger partial charge on any atom is 0.258 e. The third-order valence-corrected chi connectivity index (χ3v) is 4.42. The number of rotatable bonds is 4. The minimum atomic E-state index is 0.0246. The van der Waals surface area contributed by atoms with Crippen molar-refractivity contribution in [3.8, 4) is 0 Å². The molecule has 0 bridgehead atoms. The number of nitrogens with zero attached hydrogens (tertiary/aromatic N) is 1. The summed E-state index contributed by atoms with van der Waals surface area (Å²) in [5.74, 6) is 0.0534. The van der Waals surface area contributed by atoms with E-state index in [0.29, 0.717) is 18.5 Å². The van der Waals surface area contributed by atoms with Crippen LogP contribution in [0.3, 0.4) is 0 Å². The highest BCUT2D eigenvalue weighted by Gasteiger charge is 2.31. The molecule has 1 unspecified atom stereocenters. The highest BCUT2D eigenvalue weighted by atomic mass is 16.2. The van der Waals surface area contributed by atoms with Crippen molar-refractivity contribution >= 4 is 17.5 Å². The Morgan fingerprint density at radius 1 is 1.17 bits per heavy atom. The average molecular weight is 322 g/mol. The van der Waals surface area contributed by atoms with Crippen molar-refractivity contribution in [1.82, 2.24) is 5.32 Å². The van der Waals surface area contributed by atoms with Crippen molar-refractivity contribution in [3.63, 3.8) is 0 Å². The molecule has 2 aromatic rings. The minimum absolute atomic E-state index is 0.0246. The fraction of sp³-hybridized carbons (Fsp3) is 0.300. The lowest BCUT2D eigenvalue weighted by Gasteiger charge is -2.23. The maximum atomic E-state index is 12.9. The van der Waals surface area contributed by atoms with Gasteiger partial charge in [-0.15, -0.1) is 0 Å². The molecule has 1 atom stereocenters. The van der Waals surface area contributed by atoms with Crippen LogP contribution in [0.4, 0.5) is 5.69 Å². The molecule has 0 aromatic heterocycles. The third-order valence-electron chi connectivity index (χ3n) is 4.42. The predicted octanol–water partition coefficient (Wildman–Crippen LogP) is 3.30. The topological polar surface area (TPSA) is 49.4 Å². The lowest BCUT2D eigenvalue weighted by molar-refractivity contribution is -0.120. The Morgan fingerprint density at radius 2 is 1.92 bits per heavy atom. The van der Waals surface area contributed by atoms with E-state index in [1.807, 2.05) is 54.3 Å². The molecule has 1 N–H and O–H groups in total. The van der Waals surface area contributed by atoms with Crippen LogP contribution in [0.1, 0.15) is 41.8 Å². The summed E-state index contributed by atoms with van der Waals surface area (Å²) in [7, 11) is 0. The minimum Gasteiger partial charge on any atom is -0.352 e.